The van der Waals surface area contributed by atoms with E-state index in [1.54, 1.807) is 18.7 Å². The van der Waals surface area contributed by atoms with Gasteiger partial charge in [0.15, 0.2) is 5.75 Å². The number of nitrogens with zero attached hydrogens (tertiary/aromatic N) is 2. The van der Waals surface area contributed by atoms with Crippen LogP contribution in [0.1, 0.15) is 24.2 Å². The van der Waals surface area contributed by atoms with Crippen LogP contribution in [0.2, 0.25) is 0 Å². The second-order valence-electron chi connectivity index (χ2n) is 4.99. The molecule has 1 fully saturated rings. The molecular formula is C15H21N3O5. The van der Waals surface area contributed by atoms with E-state index in [2.05, 4.69) is 5.32 Å². The Morgan fingerprint density at radius 2 is 1.91 bits per heavy atom. The van der Waals surface area contributed by atoms with E-state index in [0.29, 0.717) is 32.8 Å². The molecule has 0 spiro atoms. The van der Waals surface area contributed by atoms with E-state index in [-0.39, 0.29) is 35.3 Å². The molecule has 126 valence electrons. The number of carbonyl (C=O) groups excluding carboxylic acids is 1. The highest BCUT2D eigenvalue weighted by atomic mass is 16.6. The van der Waals surface area contributed by atoms with Gasteiger partial charge in [0.1, 0.15) is 0 Å². The SMILES string of the molecule is CCOc1cc(C(=O)N2CCNCC2)cc([N+](=O)[O-])c1OCC. The van der Waals surface area contributed by atoms with Crippen molar-refractivity contribution in [1.29, 1.82) is 0 Å². The van der Waals surface area contributed by atoms with E-state index >= 15 is 0 Å². The van der Waals surface area contributed by atoms with Gasteiger partial charge in [0.05, 0.1) is 23.7 Å². The molecular weight excluding hydrogens is 302 g/mol. The van der Waals surface area contributed by atoms with Gasteiger partial charge >= 0.3 is 5.69 Å². The molecule has 1 saturated heterocycles. The minimum absolute atomic E-state index is 0.0659. The van der Waals surface area contributed by atoms with E-state index in [1.165, 1.54) is 12.1 Å². The summed E-state index contributed by atoms with van der Waals surface area (Å²) in [5, 5.41) is 14.5. The quantitative estimate of drug-likeness (QED) is 0.629. The number of rotatable bonds is 6. The minimum Gasteiger partial charge on any atom is -0.490 e. The maximum Gasteiger partial charge on any atom is 0.315 e. The van der Waals surface area contributed by atoms with E-state index in [0.717, 1.165) is 0 Å². The highest BCUT2D eigenvalue weighted by molar-refractivity contribution is 5.96. The molecule has 2 rings (SSSR count). The molecule has 0 unspecified atom stereocenters. The molecule has 1 heterocycles. The lowest BCUT2D eigenvalue weighted by Crippen LogP contribution is -2.46. The molecule has 1 aromatic carbocycles. The van der Waals surface area contributed by atoms with Crippen LogP contribution in [-0.4, -0.2) is 55.1 Å². The molecule has 1 amide bonds. The number of ether oxygens (including phenoxy) is 2. The maximum atomic E-state index is 12.6. The molecule has 0 bridgehead atoms. The second kappa shape index (κ2) is 7.77. The first-order chi connectivity index (χ1) is 11.1. The van der Waals surface area contributed by atoms with Gasteiger partial charge in [-0.2, -0.15) is 0 Å². The van der Waals surface area contributed by atoms with Gasteiger partial charge in [-0.3, -0.25) is 14.9 Å². The highest BCUT2D eigenvalue weighted by Gasteiger charge is 2.27. The predicted molar refractivity (Wildman–Crippen MR) is 84.2 cm³/mol. The van der Waals surface area contributed by atoms with Crippen molar-refractivity contribution in [2.24, 2.45) is 0 Å². The van der Waals surface area contributed by atoms with Crippen molar-refractivity contribution in [3.8, 4) is 11.5 Å². The summed E-state index contributed by atoms with van der Waals surface area (Å²) in [6.07, 6.45) is 0. The summed E-state index contributed by atoms with van der Waals surface area (Å²) in [5.41, 5.74) is -0.0122. The standard InChI is InChI=1S/C15H21N3O5/c1-3-22-13-10-11(15(19)17-7-5-16-6-8-17)9-12(18(20)21)14(13)23-4-2/h9-10,16H,3-8H2,1-2H3. The van der Waals surface area contributed by atoms with Crippen LogP contribution in [0.5, 0.6) is 11.5 Å². The number of nitrogens with one attached hydrogen (secondary N) is 1. The maximum absolute atomic E-state index is 12.6. The Bertz CT molecular complexity index is 585. The summed E-state index contributed by atoms with van der Waals surface area (Å²) >= 11 is 0. The third kappa shape index (κ3) is 3.89. The number of nitro groups is 1. The van der Waals surface area contributed by atoms with Gasteiger partial charge < -0.3 is 19.7 Å². The first-order valence-electron chi connectivity index (χ1n) is 7.66. The minimum atomic E-state index is -0.554. The van der Waals surface area contributed by atoms with Crippen molar-refractivity contribution >= 4 is 11.6 Å². The first-order valence-corrected chi connectivity index (χ1v) is 7.66. The van der Waals surface area contributed by atoms with Crippen LogP contribution < -0.4 is 14.8 Å². The van der Waals surface area contributed by atoms with E-state index in [9.17, 15) is 14.9 Å². The average Bonchev–Trinajstić information content (AvgIpc) is 2.56. The Morgan fingerprint density at radius 1 is 1.26 bits per heavy atom. The van der Waals surface area contributed by atoms with Gasteiger partial charge in [0.2, 0.25) is 5.75 Å². The van der Waals surface area contributed by atoms with Crippen molar-refractivity contribution in [2.75, 3.05) is 39.4 Å². The smallest absolute Gasteiger partial charge is 0.315 e. The third-order valence-corrected chi connectivity index (χ3v) is 3.47. The molecule has 8 nitrogen and oxygen atoms in total. The van der Waals surface area contributed by atoms with Gasteiger partial charge in [0, 0.05) is 32.2 Å². The molecule has 0 atom stereocenters. The molecule has 8 heteroatoms. The molecule has 0 aromatic heterocycles. The number of amides is 1. The number of piperazine rings is 1. The lowest BCUT2D eigenvalue weighted by molar-refractivity contribution is -0.386. The molecule has 1 aliphatic heterocycles. The monoisotopic (exact) mass is 323 g/mol. The fraction of sp³-hybridized carbons (Fsp3) is 0.533. The Kier molecular flexibility index (Phi) is 5.75. The summed E-state index contributed by atoms with van der Waals surface area (Å²) in [6, 6.07) is 2.78. The number of benzene rings is 1. The van der Waals surface area contributed by atoms with Crippen LogP contribution in [0.15, 0.2) is 12.1 Å². The van der Waals surface area contributed by atoms with Gasteiger partial charge in [-0.05, 0) is 19.9 Å². The number of carbonyl (C=O) groups is 1. The van der Waals surface area contributed by atoms with E-state index in [1.807, 2.05) is 0 Å². The van der Waals surface area contributed by atoms with Crippen molar-refractivity contribution in [1.82, 2.24) is 10.2 Å². The van der Waals surface area contributed by atoms with Crippen molar-refractivity contribution < 1.29 is 19.2 Å². The van der Waals surface area contributed by atoms with Crippen LogP contribution >= 0.6 is 0 Å². The lowest BCUT2D eigenvalue weighted by Gasteiger charge is -2.27. The topological polar surface area (TPSA) is 93.9 Å². The van der Waals surface area contributed by atoms with Crippen LogP contribution in [0.3, 0.4) is 0 Å². The Morgan fingerprint density at radius 3 is 2.48 bits per heavy atom. The summed E-state index contributed by atoms with van der Waals surface area (Å²) < 4.78 is 10.8. The number of hydrogen-bond donors (Lipinski definition) is 1. The first kappa shape index (κ1) is 17.0. The summed E-state index contributed by atoms with van der Waals surface area (Å²) in [6.45, 7) is 6.67. The zero-order valence-electron chi connectivity index (χ0n) is 13.3. The number of hydrogen-bond acceptors (Lipinski definition) is 6. The van der Waals surface area contributed by atoms with Gasteiger partial charge in [-0.1, -0.05) is 0 Å². The summed E-state index contributed by atoms with van der Waals surface area (Å²) in [7, 11) is 0. The Labute approximate surface area is 134 Å². The van der Waals surface area contributed by atoms with E-state index < -0.39 is 4.92 Å². The zero-order chi connectivity index (χ0) is 16.8. The molecule has 23 heavy (non-hydrogen) atoms. The van der Waals surface area contributed by atoms with Crippen LogP contribution in [0.4, 0.5) is 5.69 Å². The fourth-order valence-electron chi connectivity index (χ4n) is 2.45. The molecule has 0 radical (unpaired) electrons. The average molecular weight is 323 g/mol. The fourth-order valence-corrected chi connectivity index (χ4v) is 2.45. The molecule has 1 aromatic rings. The van der Waals surface area contributed by atoms with Crippen LogP contribution in [-0.2, 0) is 0 Å². The summed E-state index contributed by atoms with van der Waals surface area (Å²) in [4.78, 5) is 25.0. The lowest BCUT2D eigenvalue weighted by atomic mass is 10.1. The third-order valence-electron chi connectivity index (χ3n) is 3.47. The Balaban J connectivity index is 2.42. The summed E-state index contributed by atoms with van der Waals surface area (Å²) in [5.74, 6) is 0.0526. The van der Waals surface area contributed by atoms with Crippen molar-refractivity contribution in [3.63, 3.8) is 0 Å². The largest absolute Gasteiger partial charge is 0.490 e. The zero-order valence-corrected chi connectivity index (χ0v) is 13.3. The van der Waals surface area contributed by atoms with Gasteiger partial charge in [0.25, 0.3) is 5.91 Å². The highest BCUT2D eigenvalue weighted by Crippen LogP contribution is 2.38. The molecule has 1 aliphatic rings. The predicted octanol–water partition coefficient (Wildman–Crippen LogP) is 1.44. The van der Waals surface area contributed by atoms with Crippen LogP contribution in [0.25, 0.3) is 0 Å². The van der Waals surface area contributed by atoms with Gasteiger partial charge in [-0.15, -0.1) is 0 Å². The van der Waals surface area contributed by atoms with Crippen molar-refractivity contribution in [2.45, 2.75) is 13.8 Å². The number of nitro benzene ring substituents is 1. The second-order valence-corrected chi connectivity index (χ2v) is 4.99. The van der Waals surface area contributed by atoms with Crippen LogP contribution in [0, 0.1) is 10.1 Å². The van der Waals surface area contributed by atoms with Gasteiger partial charge in [-0.25, -0.2) is 0 Å². The van der Waals surface area contributed by atoms with E-state index in [4.69, 9.17) is 9.47 Å². The molecule has 0 saturated carbocycles. The van der Waals surface area contributed by atoms with Crippen molar-refractivity contribution in [3.05, 3.63) is 27.8 Å². The molecule has 1 N–H and O–H groups in total. The molecule has 0 aliphatic carbocycles. The normalized spacial score (nSPS) is 14.4. The Hall–Kier alpha value is -2.35.